The first-order chi connectivity index (χ1) is 10.5. The van der Waals surface area contributed by atoms with E-state index >= 15 is 0 Å². The molecule has 1 aliphatic rings. The van der Waals surface area contributed by atoms with Crippen molar-refractivity contribution >= 4 is 18.7 Å². The van der Waals surface area contributed by atoms with Crippen LogP contribution in [0.5, 0.6) is 0 Å². The lowest BCUT2D eigenvalue weighted by Crippen LogP contribution is -2.49. The Labute approximate surface area is 127 Å². The summed E-state index contributed by atoms with van der Waals surface area (Å²) in [7, 11) is 0. The van der Waals surface area contributed by atoms with Crippen LogP contribution in [-0.2, 0) is 28.7 Å². The number of hydrogen-bond donors (Lipinski definition) is 3. The molecule has 22 heavy (non-hydrogen) atoms. The highest BCUT2D eigenvalue weighted by atomic mass is 17.1. The first kappa shape index (κ1) is 20.4. The minimum Gasteiger partial charge on any atom is -0.481 e. The number of aliphatic carboxylic acids is 1. The van der Waals surface area contributed by atoms with Gasteiger partial charge in [0.1, 0.15) is 12.9 Å². The molecule has 1 fully saturated rings. The number of hydrogen-bond acceptors (Lipinski definition) is 8. The summed E-state index contributed by atoms with van der Waals surface area (Å²) in [5.74, 6) is -1.49. The third-order valence-electron chi connectivity index (χ3n) is 2.75. The smallest absolute Gasteiger partial charge is 0.306 e. The van der Waals surface area contributed by atoms with Crippen molar-refractivity contribution in [3.63, 3.8) is 0 Å². The van der Waals surface area contributed by atoms with Crippen molar-refractivity contribution in [2.45, 2.75) is 25.2 Å². The van der Waals surface area contributed by atoms with Gasteiger partial charge in [-0.15, -0.1) is 0 Å². The lowest BCUT2D eigenvalue weighted by molar-refractivity contribution is -0.253. The van der Waals surface area contributed by atoms with Gasteiger partial charge in [0.15, 0.2) is 6.29 Å². The first-order valence-electron chi connectivity index (χ1n) is 6.51. The van der Waals surface area contributed by atoms with Crippen LogP contribution in [0.3, 0.4) is 0 Å². The summed E-state index contributed by atoms with van der Waals surface area (Å²) in [5.41, 5.74) is 0. The summed E-state index contributed by atoms with van der Waals surface area (Å²) in [6, 6.07) is 0. The largest absolute Gasteiger partial charge is 0.481 e. The molecule has 10 nitrogen and oxygen atoms in total. The van der Waals surface area contributed by atoms with Crippen molar-refractivity contribution in [3.05, 3.63) is 0 Å². The van der Waals surface area contributed by atoms with E-state index < -0.39 is 24.3 Å². The molecule has 0 aromatic rings. The van der Waals surface area contributed by atoms with Crippen molar-refractivity contribution in [3.8, 4) is 0 Å². The Kier molecular flexibility index (Phi) is 11.1. The molecule has 1 aliphatic heterocycles. The number of nitrogens with zero attached hydrogens (tertiary/aromatic N) is 1. The van der Waals surface area contributed by atoms with Crippen molar-refractivity contribution < 1.29 is 44.2 Å². The van der Waals surface area contributed by atoms with E-state index in [4.69, 9.17) is 24.6 Å². The maximum Gasteiger partial charge on any atom is 0.306 e. The highest BCUT2D eigenvalue weighted by Crippen LogP contribution is 2.10. The van der Waals surface area contributed by atoms with E-state index in [1.165, 1.54) is 4.90 Å². The molecule has 128 valence electrons. The Balaban J connectivity index is 0.00000211. The molecule has 2 unspecified atom stereocenters. The van der Waals surface area contributed by atoms with Gasteiger partial charge >= 0.3 is 5.97 Å². The Bertz CT molecular complexity index is 339. The maximum absolute atomic E-state index is 11.9. The number of carbonyl (C=O) groups is 3. The van der Waals surface area contributed by atoms with Crippen LogP contribution in [0, 0.1) is 0 Å². The fourth-order valence-electron chi connectivity index (χ4n) is 1.75. The van der Waals surface area contributed by atoms with Gasteiger partial charge in [-0.1, -0.05) is 0 Å². The molecule has 0 aromatic heterocycles. The SMILES string of the molecule is C=O.O=C(O)CC1OCCN(CCOC(O)CCOO)C1=O. The van der Waals surface area contributed by atoms with Gasteiger partial charge in [0.2, 0.25) is 0 Å². The normalized spacial score (nSPS) is 19.3. The summed E-state index contributed by atoms with van der Waals surface area (Å²) >= 11 is 0. The standard InChI is InChI=1S/C11H19NO8.CH2O/c13-9(14)7-8-11(16)12(2-5-18-8)3-6-19-10(15)1-4-20-17;1-2/h8,10,15,17H,1-7H2,(H,13,14);1H2. The van der Waals surface area contributed by atoms with Gasteiger partial charge in [-0.25, -0.2) is 4.89 Å². The number of aliphatic hydroxyl groups is 1. The highest BCUT2D eigenvalue weighted by Gasteiger charge is 2.31. The van der Waals surface area contributed by atoms with E-state index in [0.29, 0.717) is 6.54 Å². The van der Waals surface area contributed by atoms with E-state index in [-0.39, 0.29) is 39.2 Å². The summed E-state index contributed by atoms with van der Waals surface area (Å²) in [6.07, 6.45) is -2.32. The minimum atomic E-state index is -1.10. The van der Waals surface area contributed by atoms with Gasteiger partial charge < -0.3 is 29.4 Å². The Morgan fingerprint density at radius 3 is 2.73 bits per heavy atom. The lowest BCUT2D eigenvalue weighted by Gasteiger charge is -2.31. The molecule has 0 bridgehead atoms. The van der Waals surface area contributed by atoms with Crippen LogP contribution in [0.1, 0.15) is 12.8 Å². The third-order valence-corrected chi connectivity index (χ3v) is 2.75. The second-order valence-electron chi connectivity index (χ2n) is 4.23. The van der Waals surface area contributed by atoms with E-state index in [1.54, 1.807) is 0 Å². The lowest BCUT2D eigenvalue weighted by atomic mass is 10.2. The number of rotatable bonds is 9. The molecule has 3 N–H and O–H groups in total. The molecule has 0 aliphatic carbocycles. The molecule has 1 saturated heterocycles. The molecule has 0 aromatic carbocycles. The molecule has 10 heteroatoms. The fourth-order valence-corrected chi connectivity index (χ4v) is 1.75. The summed E-state index contributed by atoms with van der Waals surface area (Å²) in [4.78, 5) is 35.7. The van der Waals surface area contributed by atoms with Crippen molar-refractivity contribution in [1.82, 2.24) is 4.90 Å². The van der Waals surface area contributed by atoms with Gasteiger partial charge in [-0.05, 0) is 0 Å². The van der Waals surface area contributed by atoms with Crippen LogP contribution in [0.2, 0.25) is 0 Å². The summed E-state index contributed by atoms with van der Waals surface area (Å²) < 4.78 is 10.1. The zero-order chi connectivity index (χ0) is 17.0. The predicted molar refractivity (Wildman–Crippen MR) is 70.9 cm³/mol. The van der Waals surface area contributed by atoms with E-state index in [0.717, 1.165) is 0 Å². The number of carboxylic acids is 1. The summed E-state index contributed by atoms with van der Waals surface area (Å²) in [5, 5.41) is 26.1. The zero-order valence-electron chi connectivity index (χ0n) is 12.0. The second-order valence-corrected chi connectivity index (χ2v) is 4.23. The molecule has 0 spiro atoms. The molecule has 1 rings (SSSR count). The quantitative estimate of drug-likeness (QED) is 0.268. The Morgan fingerprint density at radius 2 is 2.14 bits per heavy atom. The average Bonchev–Trinajstić information content (AvgIpc) is 2.50. The van der Waals surface area contributed by atoms with Crippen LogP contribution in [0.15, 0.2) is 0 Å². The molecule has 1 heterocycles. The van der Waals surface area contributed by atoms with Gasteiger partial charge in [0, 0.05) is 19.5 Å². The fraction of sp³-hybridized carbons (Fsp3) is 0.750. The van der Waals surface area contributed by atoms with E-state index in [9.17, 15) is 14.7 Å². The van der Waals surface area contributed by atoms with Gasteiger partial charge in [-0.3, -0.25) is 14.8 Å². The topological polar surface area (TPSA) is 143 Å². The first-order valence-corrected chi connectivity index (χ1v) is 6.51. The number of morpholine rings is 1. The van der Waals surface area contributed by atoms with Gasteiger partial charge in [0.05, 0.1) is 26.2 Å². The van der Waals surface area contributed by atoms with Crippen LogP contribution >= 0.6 is 0 Å². The molecule has 1 amide bonds. The van der Waals surface area contributed by atoms with Crippen LogP contribution in [0.4, 0.5) is 0 Å². The van der Waals surface area contributed by atoms with Crippen molar-refractivity contribution in [1.29, 1.82) is 0 Å². The monoisotopic (exact) mass is 323 g/mol. The molecular formula is C12H21NO9. The number of aliphatic hydroxyl groups excluding tert-OH is 1. The van der Waals surface area contributed by atoms with Crippen molar-refractivity contribution in [2.24, 2.45) is 0 Å². The molecule has 0 saturated carbocycles. The van der Waals surface area contributed by atoms with Crippen LogP contribution in [-0.4, -0.2) is 84.3 Å². The number of carboxylic acid groups (broad SMARTS) is 1. The van der Waals surface area contributed by atoms with Crippen LogP contribution < -0.4 is 0 Å². The summed E-state index contributed by atoms with van der Waals surface area (Å²) in [6.45, 7) is 2.89. The number of ether oxygens (including phenoxy) is 2. The Hall–Kier alpha value is -1.59. The predicted octanol–water partition coefficient (Wildman–Crippen LogP) is -1.28. The highest BCUT2D eigenvalue weighted by molar-refractivity contribution is 5.85. The second kappa shape index (κ2) is 12.0. The number of amides is 1. The zero-order valence-corrected chi connectivity index (χ0v) is 12.0. The van der Waals surface area contributed by atoms with Crippen molar-refractivity contribution in [2.75, 3.05) is 32.9 Å². The number of carbonyl (C=O) groups excluding carboxylic acids is 2. The van der Waals surface area contributed by atoms with E-state index in [1.807, 2.05) is 6.79 Å². The molecular weight excluding hydrogens is 302 g/mol. The Morgan fingerprint density at radius 1 is 1.45 bits per heavy atom. The third kappa shape index (κ3) is 8.00. The minimum absolute atomic E-state index is 0.0572. The van der Waals surface area contributed by atoms with E-state index in [2.05, 4.69) is 4.89 Å². The molecule has 2 atom stereocenters. The molecule has 0 radical (unpaired) electrons. The maximum atomic E-state index is 11.9. The van der Waals surface area contributed by atoms with Crippen LogP contribution in [0.25, 0.3) is 0 Å². The van der Waals surface area contributed by atoms with Gasteiger partial charge in [-0.2, -0.15) is 0 Å². The average molecular weight is 323 g/mol. The van der Waals surface area contributed by atoms with Gasteiger partial charge in [0.25, 0.3) is 5.91 Å².